The molecule has 2 saturated heterocycles. The number of halogens is 2. The minimum atomic E-state index is -0.678. The molecule has 2 aromatic heterocycles. The van der Waals surface area contributed by atoms with Crippen LogP contribution in [-0.4, -0.2) is 52.2 Å². The van der Waals surface area contributed by atoms with Gasteiger partial charge in [0, 0.05) is 18.3 Å². The van der Waals surface area contributed by atoms with E-state index in [1.165, 1.54) is 16.8 Å². The predicted octanol–water partition coefficient (Wildman–Crippen LogP) is 3.16. The molecule has 4 heterocycles. The molecule has 34 heavy (non-hydrogen) atoms. The van der Waals surface area contributed by atoms with Crippen molar-refractivity contribution in [1.82, 2.24) is 20.1 Å². The first-order valence-corrected chi connectivity index (χ1v) is 11.1. The lowest BCUT2D eigenvalue weighted by atomic mass is 10.0. The Morgan fingerprint density at radius 1 is 1.32 bits per heavy atom. The first kappa shape index (κ1) is 22.6. The van der Waals surface area contributed by atoms with Crippen LogP contribution in [0.3, 0.4) is 0 Å². The molecule has 2 unspecified atom stereocenters. The molecule has 180 valence electrons. The molecule has 0 bridgehead atoms. The second kappa shape index (κ2) is 8.90. The smallest absolute Gasteiger partial charge is 0.280 e. The fourth-order valence-corrected chi connectivity index (χ4v) is 4.41. The van der Waals surface area contributed by atoms with Crippen molar-refractivity contribution < 1.29 is 27.9 Å². The van der Waals surface area contributed by atoms with Gasteiger partial charge in [-0.3, -0.25) is 9.63 Å². The number of carbonyl (C=O) groups is 1. The molecular weight excluding hydrogens is 448 g/mol. The molecule has 0 spiro atoms. The first-order valence-electron chi connectivity index (χ1n) is 11.1. The van der Waals surface area contributed by atoms with Crippen LogP contribution in [0.2, 0.25) is 0 Å². The zero-order chi connectivity index (χ0) is 23.9. The standard InChI is InChI=1S/C23H25F2N5O4/c1-23(2)32-12-15(34-23)13-33-28-22(31)17-11-26-30-9-7-20(27-21(17)30)29-8-3-4-19(29)16-10-14(24)5-6-18(16)25/h5-7,9-11,15,19H,3-4,8,12-13H2,1-2H3,(H,28,31). The van der Waals surface area contributed by atoms with Crippen molar-refractivity contribution in [2.75, 3.05) is 24.7 Å². The van der Waals surface area contributed by atoms with E-state index in [-0.39, 0.29) is 24.3 Å². The number of anilines is 1. The van der Waals surface area contributed by atoms with Gasteiger partial charge in [-0.15, -0.1) is 0 Å². The summed E-state index contributed by atoms with van der Waals surface area (Å²) in [6, 6.07) is 4.86. The summed E-state index contributed by atoms with van der Waals surface area (Å²) in [5.74, 6) is -1.58. The van der Waals surface area contributed by atoms with Gasteiger partial charge in [0.2, 0.25) is 0 Å². The Morgan fingerprint density at radius 2 is 2.18 bits per heavy atom. The topological polar surface area (TPSA) is 90.2 Å². The van der Waals surface area contributed by atoms with E-state index >= 15 is 0 Å². The molecule has 0 aliphatic carbocycles. The van der Waals surface area contributed by atoms with Crippen molar-refractivity contribution in [3.63, 3.8) is 0 Å². The average molecular weight is 473 g/mol. The number of rotatable bonds is 6. The SMILES string of the molecule is CC1(C)OCC(CONC(=O)c2cnn3ccc(N4CCCC4c4cc(F)ccc4F)nc23)O1. The van der Waals surface area contributed by atoms with E-state index in [9.17, 15) is 13.6 Å². The highest BCUT2D eigenvalue weighted by atomic mass is 19.1. The van der Waals surface area contributed by atoms with E-state index in [4.69, 9.17) is 14.3 Å². The van der Waals surface area contributed by atoms with Crippen LogP contribution in [0.1, 0.15) is 48.7 Å². The van der Waals surface area contributed by atoms with Gasteiger partial charge in [0.05, 0.1) is 18.8 Å². The Kier molecular flexibility index (Phi) is 5.92. The van der Waals surface area contributed by atoms with E-state index in [0.29, 0.717) is 36.6 Å². The highest BCUT2D eigenvalue weighted by Gasteiger charge is 2.33. The number of amides is 1. The molecule has 2 atom stereocenters. The molecular formula is C23H25F2N5O4. The van der Waals surface area contributed by atoms with E-state index in [1.54, 1.807) is 26.1 Å². The molecule has 0 saturated carbocycles. The summed E-state index contributed by atoms with van der Waals surface area (Å²) in [6.45, 7) is 4.74. The van der Waals surface area contributed by atoms with Crippen molar-refractivity contribution in [3.8, 4) is 0 Å². The Balaban J connectivity index is 1.32. The molecule has 1 N–H and O–H groups in total. The molecule has 5 rings (SSSR count). The normalized spacial score (nSPS) is 21.9. The van der Waals surface area contributed by atoms with Gasteiger partial charge in [-0.05, 0) is 51.0 Å². The molecule has 2 aliphatic heterocycles. The molecule has 1 aromatic carbocycles. The number of hydrogen-bond acceptors (Lipinski definition) is 7. The zero-order valence-corrected chi connectivity index (χ0v) is 18.8. The summed E-state index contributed by atoms with van der Waals surface area (Å²) >= 11 is 0. The Labute approximate surface area is 194 Å². The highest BCUT2D eigenvalue weighted by Crippen LogP contribution is 2.36. The van der Waals surface area contributed by atoms with Crippen LogP contribution < -0.4 is 10.4 Å². The lowest BCUT2D eigenvalue weighted by molar-refractivity contribution is -0.147. The highest BCUT2D eigenvalue weighted by molar-refractivity contribution is 5.99. The summed E-state index contributed by atoms with van der Waals surface area (Å²) in [5, 5.41) is 4.18. The molecule has 2 fully saturated rings. The van der Waals surface area contributed by atoms with Crippen LogP contribution in [-0.2, 0) is 14.3 Å². The number of nitrogens with one attached hydrogen (secondary N) is 1. The number of ether oxygens (including phenoxy) is 2. The van der Waals surface area contributed by atoms with Gasteiger partial charge >= 0.3 is 0 Å². The predicted molar refractivity (Wildman–Crippen MR) is 117 cm³/mol. The lowest BCUT2D eigenvalue weighted by Gasteiger charge is -2.26. The van der Waals surface area contributed by atoms with Crippen LogP contribution in [0.4, 0.5) is 14.6 Å². The van der Waals surface area contributed by atoms with E-state index in [1.807, 2.05) is 4.90 Å². The maximum Gasteiger partial charge on any atom is 0.280 e. The largest absolute Gasteiger partial charge is 0.349 e. The molecule has 11 heteroatoms. The third kappa shape index (κ3) is 4.46. The fraction of sp³-hybridized carbons (Fsp3) is 0.435. The summed E-state index contributed by atoms with van der Waals surface area (Å²) in [5.41, 5.74) is 3.23. The van der Waals surface area contributed by atoms with Crippen molar-refractivity contribution in [2.45, 2.75) is 44.6 Å². The second-order valence-corrected chi connectivity index (χ2v) is 8.82. The molecule has 0 radical (unpaired) electrons. The molecule has 2 aliphatic rings. The van der Waals surface area contributed by atoms with Gasteiger partial charge in [0.1, 0.15) is 35.7 Å². The number of hydrogen-bond donors (Lipinski definition) is 1. The van der Waals surface area contributed by atoms with Crippen molar-refractivity contribution in [1.29, 1.82) is 0 Å². The van der Waals surface area contributed by atoms with E-state index < -0.39 is 23.3 Å². The quantitative estimate of drug-likeness (QED) is 0.550. The third-order valence-electron chi connectivity index (χ3n) is 5.96. The number of benzene rings is 1. The van der Waals surface area contributed by atoms with Crippen LogP contribution in [0.15, 0.2) is 36.7 Å². The Hall–Kier alpha value is -3.15. The maximum atomic E-state index is 14.4. The third-order valence-corrected chi connectivity index (χ3v) is 5.96. The maximum absolute atomic E-state index is 14.4. The zero-order valence-electron chi connectivity index (χ0n) is 18.8. The van der Waals surface area contributed by atoms with Crippen LogP contribution in [0.5, 0.6) is 0 Å². The number of hydroxylamine groups is 1. The van der Waals surface area contributed by atoms with Crippen LogP contribution >= 0.6 is 0 Å². The summed E-state index contributed by atoms with van der Waals surface area (Å²) in [6.07, 6.45) is 4.25. The first-order chi connectivity index (χ1) is 16.3. The van der Waals surface area contributed by atoms with Gasteiger partial charge in [0.15, 0.2) is 11.4 Å². The second-order valence-electron chi connectivity index (χ2n) is 8.82. The van der Waals surface area contributed by atoms with Gasteiger partial charge in [-0.25, -0.2) is 23.8 Å². The fourth-order valence-electron chi connectivity index (χ4n) is 4.41. The van der Waals surface area contributed by atoms with Gasteiger partial charge < -0.3 is 14.4 Å². The number of carbonyl (C=O) groups excluding carboxylic acids is 1. The minimum Gasteiger partial charge on any atom is -0.349 e. The van der Waals surface area contributed by atoms with Gasteiger partial charge in [-0.1, -0.05) is 0 Å². The van der Waals surface area contributed by atoms with E-state index in [0.717, 1.165) is 18.6 Å². The summed E-state index contributed by atoms with van der Waals surface area (Å²) < 4.78 is 40.8. The van der Waals surface area contributed by atoms with Crippen molar-refractivity contribution in [2.24, 2.45) is 0 Å². The van der Waals surface area contributed by atoms with E-state index in [2.05, 4.69) is 15.6 Å². The van der Waals surface area contributed by atoms with Gasteiger partial charge in [0.25, 0.3) is 5.91 Å². The number of fused-ring (bicyclic) bond motifs is 1. The Bertz CT molecular complexity index is 1220. The molecule has 3 aromatic rings. The summed E-state index contributed by atoms with van der Waals surface area (Å²) in [7, 11) is 0. The molecule has 9 nitrogen and oxygen atoms in total. The van der Waals surface area contributed by atoms with Crippen LogP contribution in [0, 0.1) is 11.6 Å². The van der Waals surface area contributed by atoms with Crippen molar-refractivity contribution >= 4 is 17.4 Å². The monoisotopic (exact) mass is 473 g/mol. The van der Waals surface area contributed by atoms with Gasteiger partial charge in [-0.2, -0.15) is 5.10 Å². The minimum absolute atomic E-state index is 0.127. The van der Waals surface area contributed by atoms with Crippen molar-refractivity contribution in [3.05, 3.63) is 59.4 Å². The number of aromatic nitrogens is 3. The van der Waals surface area contributed by atoms with Crippen LogP contribution in [0.25, 0.3) is 5.65 Å². The molecule has 1 amide bonds. The average Bonchev–Trinajstić information content (AvgIpc) is 3.53. The summed E-state index contributed by atoms with van der Waals surface area (Å²) in [4.78, 5) is 24.6. The lowest BCUT2D eigenvalue weighted by Crippen LogP contribution is -2.30. The number of nitrogens with zero attached hydrogens (tertiary/aromatic N) is 4. The Morgan fingerprint density at radius 3 is 2.97 bits per heavy atom.